The molecule has 1 N–H and O–H groups in total. The van der Waals surface area contributed by atoms with Gasteiger partial charge in [0.05, 0.1) is 0 Å². The molecule has 3 rings (SSSR count). The number of hydrogen-bond acceptors (Lipinski definition) is 3. The third-order valence-electron chi connectivity index (χ3n) is 2.88. The van der Waals surface area contributed by atoms with Gasteiger partial charge in [0.2, 0.25) is 12.7 Å². The molecule has 1 atom stereocenters. The second-order valence-corrected chi connectivity index (χ2v) is 5.62. The second-order valence-electron chi connectivity index (χ2n) is 4.34. The summed E-state index contributed by atoms with van der Waals surface area (Å²) in [6, 6.07) is 15.4. The van der Waals surface area contributed by atoms with Gasteiger partial charge in [0.1, 0.15) is 0 Å². The van der Waals surface area contributed by atoms with Gasteiger partial charge in [-0.05, 0) is 17.4 Å². The minimum Gasteiger partial charge on any atom is -0.454 e. The maximum Gasteiger partial charge on any atom is 0.231 e. The summed E-state index contributed by atoms with van der Waals surface area (Å²) in [4.78, 5) is 11.9. The van der Waals surface area contributed by atoms with Crippen molar-refractivity contribution in [2.45, 2.75) is 0 Å². The van der Waals surface area contributed by atoms with Gasteiger partial charge in [-0.25, -0.2) is 0 Å². The number of benzene rings is 2. The van der Waals surface area contributed by atoms with Crippen molar-refractivity contribution in [2.24, 2.45) is 0 Å². The number of nitrogens with one attached hydrogen (secondary N) is 1. The lowest BCUT2D eigenvalue weighted by Crippen LogP contribution is -2.14. The van der Waals surface area contributed by atoms with Crippen LogP contribution in [0.1, 0.15) is 0 Å². The molecule has 5 heteroatoms. The van der Waals surface area contributed by atoms with E-state index < -0.39 is 0 Å². The van der Waals surface area contributed by atoms with Crippen LogP contribution in [-0.2, 0) is 4.79 Å². The number of ether oxygens (including phenoxy) is 2. The number of amides is 1. The predicted molar refractivity (Wildman–Crippen MR) is 80.5 cm³/mol. The molecule has 0 fully saturated rings. The van der Waals surface area contributed by atoms with E-state index in [2.05, 4.69) is 5.32 Å². The summed E-state index contributed by atoms with van der Waals surface area (Å²) in [6.45, 7) is 0.238. The Morgan fingerprint density at radius 3 is 2.75 bits per heavy atom. The van der Waals surface area contributed by atoms with Gasteiger partial charge in [-0.1, -0.05) is 38.9 Å². The zero-order valence-electron chi connectivity index (χ0n) is 10.8. The van der Waals surface area contributed by atoms with E-state index in [0.717, 1.165) is 5.69 Å². The fourth-order valence-corrected chi connectivity index (χ4v) is 2.80. The van der Waals surface area contributed by atoms with Crippen LogP contribution in [0.3, 0.4) is 0 Å². The smallest absolute Gasteiger partial charge is 0.231 e. The number of fused-ring (bicyclic) bond motifs is 1. The molecule has 102 valence electrons. The molecule has 0 aliphatic carbocycles. The lowest BCUT2D eigenvalue weighted by molar-refractivity contribution is -0.113. The Hall–Kier alpha value is -2.06. The van der Waals surface area contributed by atoms with Gasteiger partial charge < -0.3 is 14.8 Å². The summed E-state index contributed by atoms with van der Waals surface area (Å²) in [5.41, 5.74) is 0.733. The van der Waals surface area contributed by atoms with Gasteiger partial charge in [0.25, 0.3) is 0 Å². The van der Waals surface area contributed by atoms with Crippen molar-refractivity contribution in [1.82, 2.24) is 0 Å². The van der Waals surface area contributed by atoms with Gasteiger partial charge in [-0.2, -0.15) is 0 Å². The van der Waals surface area contributed by atoms with Gasteiger partial charge in [0.15, 0.2) is 11.5 Å². The molecule has 0 aromatic heterocycles. The second kappa shape index (κ2) is 5.93. The summed E-state index contributed by atoms with van der Waals surface area (Å²) in [7, 11) is 0.476. The van der Waals surface area contributed by atoms with E-state index in [0.29, 0.717) is 26.2 Å². The molecule has 1 aliphatic heterocycles. The number of hydrogen-bond donors (Lipinski definition) is 1. The van der Waals surface area contributed by atoms with Gasteiger partial charge in [-0.15, -0.1) is 0 Å². The quantitative estimate of drug-likeness (QED) is 0.878. The molecule has 0 bridgehead atoms. The molecule has 2 aromatic carbocycles. The van der Waals surface area contributed by atoms with Crippen LogP contribution in [0.4, 0.5) is 5.69 Å². The lowest BCUT2D eigenvalue weighted by atomic mass is 10.3. The average molecular weight is 287 g/mol. The molecule has 0 saturated carbocycles. The molecule has 4 nitrogen and oxygen atoms in total. The Labute approximate surface area is 118 Å². The maximum absolute atomic E-state index is 11.9. The molecule has 1 amide bonds. The minimum absolute atomic E-state index is 0.00560. The highest BCUT2D eigenvalue weighted by Crippen LogP contribution is 2.34. The number of carbonyl (C=O) groups excluding carboxylic acids is 1. The maximum atomic E-state index is 11.9. The Morgan fingerprint density at radius 1 is 1.10 bits per heavy atom. The van der Waals surface area contributed by atoms with Crippen LogP contribution in [0, 0.1) is 0 Å². The van der Waals surface area contributed by atoms with E-state index in [1.807, 2.05) is 36.4 Å². The molecule has 1 unspecified atom stereocenters. The highest BCUT2D eigenvalue weighted by atomic mass is 31.1. The third kappa shape index (κ3) is 3.09. The van der Waals surface area contributed by atoms with Crippen LogP contribution >= 0.6 is 8.58 Å². The van der Waals surface area contributed by atoms with Gasteiger partial charge in [0, 0.05) is 17.9 Å². The zero-order chi connectivity index (χ0) is 13.8. The van der Waals surface area contributed by atoms with E-state index >= 15 is 0 Å². The van der Waals surface area contributed by atoms with Crippen molar-refractivity contribution in [3.8, 4) is 11.5 Å². The fraction of sp³-hybridized carbons (Fsp3) is 0.133. The normalized spacial score (nSPS) is 12.8. The first-order valence-electron chi connectivity index (χ1n) is 6.30. The Kier molecular flexibility index (Phi) is 3.84. The van der Waals surface area contributed by atoms with Crippen LogP contribution in [-0.4, -0.2) is 18.9 Å². The van der Waals surface area contributed by atoms with E-state index in [4.69, 9.17) is 9.47 Å². The highest BCUT2D eigenvalue weighted by Gasteiger charge is 2.14. The summed E-state index contributed by atoms with van der Waals surface area (Å²) >= 11 is 0. The van der Waals surface area contributed by atoms with Crippen LogP contribution in [0.5, 0.6) is 11.5 Å². The van der Waals surface area contributed by atoms with Crippen LogP contribution in [0.15, 0.2) is 48.5 Å². The molecule has 2 aromatic rings. The summed E-state index contributed by atoms with van der Waals surface area (Å²) in [6.07, 6.45) is 0.485. The summed E-state index contributed by atoms with van der Waals surface area (Å²) in [5, 5.41) is 4.06. The zero-order valence-corrected chi connectivity index (χ0v) is 11.8. The number of anilines is 1. The number of rotatable bonds is 4. The Bertz CT molecular complexity index is 616. The van der Waals surface area contributed by atoms with Gasteiger partial charge >= 0.3 is 0 Å². The average Bonchev–Trinajstić information content (AvgIpc) is 2.94. The van der Waals surface area contributed by atoms with Crippen molar-refractivity contribution in [2.75, 3.05) is 18.3 Å². The molecular formula is C15H14NO3P. The Morgan fingerprint density at radius 2 is 1.90 bits per heavy atom. The third-order valence-corrected chi connectivity index (χ3v) is 4.12. The molecule has 1 heterocycles. The monoisotopic (exact) mass is 287 g/mol. The number of carbonyl (C=O) groups is 1. The lowest BCUT2D eigenvalue weighted by Gasteiger charge is -2.06. The van der Waals surface area contributed by atoms with E-state index in [-0.39, 0.29) is 12.7 Å². The van der Waals surface area contributed by atoms with E-state index in [1.54, 1.807) is 12.1 Å². The standard InChI is InChI=1S/C15H14NO3P/c17-15(9-20-12-4-2-1-3-5-12)16-11-6-7-13-14(8-11)19-10-18-13/h1-8,20H,9-10H2,(H,16,17). The van der Waals surface area contributed by atoms with Crippen LogP contribution in [0.25, 0.3) is 0 Å². The molecule has 0 saturated heterocycles. The topological polar surface area (TPSA) is 47.6 Å². The molecular weight excluding hydrogens is 273 g/mol. The Balaban J connectivity index is 1.56. The van der Waals surface area contributed by atoms with Crippen molar-refractivity contribution in [3.05, 3.63) is 48.5 Å². The minimum atomic E-state index is 0.00560. The summed E-state index contributed by atoms with van der Waals surface area (Å²) < 4.78 is 10.5. The van der Waals surface area contributed by atoms with Crippen LogP contribution in [0.2, 0.25) is 0 Å². The highest BCUT2D eigenvalue weighted by molar-refractivity contribution is 7.48. The molecule has 0 radical (unpaired) electrons. The fourth-order valence-electron chi connectivity index (χ4n) is 1.92. The summed E-state index contributed by atoms with van der Waals surface area (Å²) in [5.74, 6) is 1.40. The van der Waals surface area contributed by atoms with Crippen LogP contribution < -0.4 is 20.1 Å². The van der Waals surface area contributed by atoms with Crippen molar-refractivity contribution < 1.29 is 14.3 Å². The van der Waals surface area contributed by atoms with Crippen molar-refractivity contribution in [1.29, 1.82) is 0 Å². The van der Waals surface area contributed by atoms with Gasteiger partial charge in [-0.3, -0.25) is 4.79 Å². The molecule has 20 heavy (non-hydrogen) atoms. The predicted octanol–water partition coefficient (Wildman–Crippen LogP) is 2.36. The van der Waals surface area contributed by atoms with Crippen molar-refractivity contribution >= 4 is 25.5 Å². The van der Waals surface area contributed by atoms with E-state index in [1.165, 1.54) is 5.30 Å². The first kappa shape index (κ1) is 12.9. The first-order valence-corrected chi connectivity index (χ1v) is 7.50. The first-order chi connectivity index (χ1) is 9.81. The largest absolute Gasteiger partial charge is 0.454 e. The van der Waals surface area contributed by atoms with Crippen molar-refractivity contribution in [3.63, 3.8) is 0 Å². The SMILES string of the molecule is O=C(CPc1ccccc1)Nc1ccc2c(c1)OCO2. The molecule has 1 aliphatic rings. The van der Waals surface area contributed by atoms with E-state index in [9.17, 15) is 4.79 Å². The molecule has 0 spiro atoms.